The number of hydrogen-bond acceptors (Lipinski definition) is 6. The molecule has 2 heterocycles. The molecule has 0 bridgehead atoms. The number of rotatable bonds is 6. The number of benzene rings is 1. The Hall–Kier alpha value is -2.98. The molecule has 2 N–H and O–H groups in total. The van der Waals surface area contributed by atoms with Crippen LogP contribution in [0.2, 0.25) is 0 Å². The van der Waals surface area contributed by atoms with Crippen molar-refractivity contribution >= 4 is 11.9 Å². The number of nitrogens with zero attached hydrogens (tertiary/aromatic N) is 3. The first-order valence-electron chi connectivity index (χ1n) is 8.11. The fourth-order valence-electron chi connectivity index (χ4n) is 2.93. The zero-order valence-electron chi connectivity index (χ0n) is 14.2. The van der Waals surface area contributed by atoms with Crippen LogP contribution in [0.1, 0.15) is 39.8 Å². The minimum atomic E-state index is -4.53. The number of carbonyl (C=O) groups is 2. The van der Waals surface area contributed by atoms with Gasteiger partial charge in [-0.05, 0) is 24.1 Å². The maximum atomic E-state index is 13.0. The van der Waals surface area contributed by atoms with Crippen LogP contribution in [0.15, 0.2) is 18.2 Å². The van der Waals surface area contributed by atoms with Gasteiger partial charge in [-0.25, -0.2) is 4.79 Å². The van der Waals surface area contributed by atoms with Crippen molar-refractivity contribution in [2.24, 2.45) is 5.92 Å². The number of carbonyl (C=O) groups excluding carboxylic acids is 2. The summed E-state index contributed by atoms with van der Waals surface area (Å²) in [6, 6.07) is 4.77. The van der Waals surface area contributed by atoms with E-state index < -0.39 is 36.5 Å². The van der Waals surface area contributed by atoms with Gasteiger partial charge < -0.3 is 10.1 Å². The van der Waals surface area contributed by atoms with Gasteiger partial charge in [0.15, 0.2) is 11.6 Å². The lowest BCUT2D eigenvalue weighted by Gasteiger charge is -2.18. The SMILES string of the molecule is Cc1ccc([C@H]2CNC(=O)O2)cc1C(=O)C(Cc1nn[nH]n1)CC(F)(F)F. The number of alkyl carbamates (subject to hydrolysis) is 1. The number of H-pyrrole nitrogens is 1. The molecule has 0 aliphatic carbocycles. The summed E-state index contributed by atoms with van der Waals surface area (Å²) >= 11 is 0. The van der Waals surface area contributed by atoms with Crippen molar-refractivity contribution in [2.45, 2.75) is 32.0 Å². The fourth-order valence-corrected chi connectivity index (χ4v) is 2.93. The molecule has 1 unspecified atom stereocenters. The van der Waals surface area contributed by atoms with Crippen LogP contribution >= 0.6 is 0 Å². The largest absolute Gasteiger partial charge is 0.439 e. The number of nitrogens with one attached hydrogen (secondary N) is 2. The third-order valence-corrected chi connectivity index (χ3v) is 4.25. The number of ketones is 1. The van der Waals surface area contributed by atoms with Gasteiger partial charge in [-0.1, -0.05) is 17.3 Å². The Labute approximate surface area is 151 Å². The van der Waals surface area contributed by atoms with Crippen LogP contribution in [0, 0.1) is 12.8 Å². The fraction of sp³-hybridized carbons (Fsp3) is 0.438. The summed E-state index contributed by atoms with van der Waals surface area (Å²) in [7, 11) is 0. The molecule has 27 heavy (non-hydrogen) atoms. The number of hydrogen-bond donors (Lipinski definition) is 2. The van der Waals surface area contributed by atoms with Gasteiger partial charge in [-0.3, -0.25) is 4.79 Å². The molecule has 1 amide bonds. The normalized spacial score (nSPS) is 18.1. The molecule has 1 fully saturated rings. The van der Waals surface area contributed by atoms with E-state index in [2.05, 4.69) is 25.9 Å². The van der Waals surface area contributed by atoms with Crippen LogP contribution in [0.4, 0.5) is 18.0 Å². The number of Topliss-reactive ketones (excluding diaryl/α,β-unsaturated/α-hetero) is 1. The van der Waals surface area contributed by atoms with E-state index in [1.165, 1.54) is 6.07 Å². The first-order chi connectivity index (χ1) is 12.7. The van der Waals surface area contributed by atoms with E-state index in [9.17, 15) is 22.8 Å². The average Bonchev–Trinajstić information content (AvgIpc) is 3.24. The van der Waals surface area contributed by atoms with Gasteiger partial charge in [0, 0.05) is 17.9 Å². The van der Waals surface area contributed by atoms with Crippen LogP contribution in [0.5, 0.6) is 0 Å². The van der Waals surface area contributed by atoms with Crippen molar-refractivity contribution in [3.8, 4) is 0 Å². The summed E-state index contributed by atoms with van der Waals surface area (Å²) in [5.41, 5.74) is 1.21. The molecular weight excluding hydrogens is 367 g/mol. The summed E-state index contributed by atoms with van der Waals surface area (Å²) in [4.78, 5) is 24.1. The van der Waals surface area contributed by atoms with Crippen LogP contribution < -0.4 is 5.32 Å². The molecule has 1 saturated heterocycles. The number of tetrazole rings is 1. The molecule has 2 atom stereocenters. The maximum Gasteiger partial charge on any atom is 0.407 e. The Morgan fingerprint density at radius 2 is 2.19 bits per heavy atom. The van der Waals surface area contributed by atoms with E-state index in [1.54, 1.807) is 19.1 Å². The van der Waals surface area contributed by atoms with E-state index in [-0.39, 0.29) is 24.4 Å². The quantitative estimate of drug-likeness (QED) is 0.741. The number of ether oxygens (including phenoxy) is 1. The number of aryl methyl sites for hydroxylation is 1. The Morgan fingerprint density at radius 1 is 1.41 bits per heavy atom. The van der Waals surface area contributed by atoms with Crippen molar-refractivity contribution in [3.63, 3.8) is 0 Å². The van der Waals surface area contributed by atoms with E-state index in [0.29, 0.717) is 11.1 Å². The molecule has 2 aromatic rings. The summed E-state index contributed by atoms with van der Waals surface area (Å²) in [5.74, 6) is -2.03. The molecule has 1 aromatic carbocycles. The molecule has 1 aromatic heterocycles. The maximum absolute atomic E-state index is 13.0. The van der Waals surface area contributed by atoms with E-state index in [0.717, 1.165) is 0 Å². The Balaban J connectivity index is 1.89. The highest BCUT2D eigenvalue weighted by molar-refractivity contribution is 5.99. The van der Waals surface area contributed by atoms with Crippen LogP contribution in [0.25, 0.3) is 0 Å². The smallest absolute Gasteiger partial charge is 0.407 e. The van der Waals surface area contributed by atoms with Gasteiger partial charge in [0.25, 0.3) is 0 Å². The lowest BCUT2D eigenvalue weighted by atomic mass is 9.88. The van der Waals surface area contributed by atoms with Gasteiger partial charge in [0.1, 0.15) is 6.10 Å². The van der Waals surface area contributed by atoms with Crippen LogP contribution in [-0.2, 0) is 11.2 Å². The van der Waals surface area contributed by atoms with Gasteiger partial charge in [-0.15, -0.1) is 10.2 Å². The second-order valence-corrected chi connectivity index (χ2v) is 6.26. The van der Waals surface area contributed by atoms with Crippen molar-refractivity contribution in [2.75, 3.05) is 6.54 Å². The number of aromatic nitrogens is 4. The predicted octanol–water partition coefficient (Wildman–Crippen LogP) is 2.28. The first kappa shape index (κ1) is 18.8. The highest BCUT2D eigenvalue weighted by Crippen LogP contribution is 2.31. The topological polar surface area (TPSA) is 110 Å². The predicted molar refractivity (Wildman–Crippen MR) is 84.8 cm³/mol. The average molecular weight is 383 g/mol. The Morgan fingerprint density at radius 3 is 2.78 bits per heavy atom. The Bertz CT molecular complexity index is 838. The number of halogens is 3. The zero-order chi connectivity index (χ0) is 19.6. The summed E-state index contributed by atoms with van der Waals surface area (Å²) in [5, 5.41) is 15.2. The van der Waals surface area contributed by atoms with Gasteiger partial charge in [0.05, 0.1) is 13.0 Å². The molecule has 0 radical (unpaired) electrons. The van der Waals surface area contributed by atoms with Gasteiger partial charge in [0.2, 0.25) is 0 Å². The summed E-state index contributed by atoms with van der Waals surface area (Å²) in [6.45, 7) is 1.86. The van der Waals surface area contributed by atoms with E-state index in [1.807, 2.05) is 0 Å². The minimum Gasteiger partial charge on any atom is -0.439 e. The van der Waals surface area contributed by atoms with Crippen LogP contribution in [0.3, 0.4) is 0 Å². The summed E-state index contributed by atoms with van der Waals surface area (Å²) in [6.07, 6.45) is -7.30. The zero-order valence-corrected chi connectivity index (χ0v) is 14.2. The number of aromatic amines is 1. The molecule has 1 aliphatic heterocycles. The standard InChI is InChI=1S/C16H16F3N5O3/c1-8-2-3-9(12-7-20-15(26)27-12)4-11(8)14(25)10(6-16(17,18)19)5-13-21-23-24-22-13/h2-4,10,12H,5-7H2,1H3,(H,20,26)(H,21,22,23,24)/t10?,12-/m1/s1. The first-order valence-corrected chi connectivity index (χ1v) is 8.11. The van der Waals surface area contributed by atoms with Crippen molar-refractivity contribution in [3.05, 3.63) is 40.7 Å². The third-order valence-electron chi connectivity index (χ3n) is 4.25. The van der Waals surface area contributed by atoms with Crippen molar-refractivity contribution in [1.29, 1.82) is 0 Å². The second-order valence-electron chi connectivity index (χ2n) is 6.26. The summed E-state index contributed by atoms with van der Waals surface area (Å²) < 4.78 is 44.1. The van der Waals surface area contributed by atoms with E-state index >= 15 is 0 Å². The lowest BCUT2D eigenvalue weighted by molar-refractivity contribution is -0.141. The molecule has 3 rings (SSSR count). The highest BCUT2D eigenvalue weighted by atomic mass is 19.4. The molecule has 144 valence electrons. The molecule has 0 spiro atoms. The van der Waals surface area contributed by atoms with Crippen LogP contribution in [-0.4, -0.2) is 45.2 Å². The minimum absolute atomic E-state index is 0.0281. The molecular formula is C16H16F3N5O3. The number of alkyl halides is 3. The second kappa shape index (κ2) is 7.33. The Kier molecular flexibility index (Phi) is 5.10. The monoisotopic (exact) mass is 383 g/mol. The van der Waals surface area contributed by atoms with E-state index in [4.69, 9.17) is 4.74 Å². The van der Waals surface area contributed by atoms with Gasteiger partial charge in [-0.2, -0.15) is 18.4 Å². The van der Waals surface area contributed by atoms with Gasteiger partial charge >= 0.3 is 12.3 Å². The molecule has 1 aliphatic rings. The number of cyclic esters (lactones) is 1. The van der Waals surface area contributed by atoms with Crippen molar-refractivity contribution < 1.29 is 27.5 Å². The molecule has 11 heteroatoms. The lowest BCUT2D eigenvalue weighted by Crippen LogP contribution is -2.26. The number of amides is 1. The molecule has 8 nitrogen and oxygen atoms in total. The molecule has 0 saturated carbocycles. The van der Waals surface area contributed by atoms with Crippen molar-refractivity contribution in [1.82, 2.24) is 25.9 Å². The third kappa shape index (κ3) is 4.60. The highest BCUT2D eigenvalue weighted by Gasteiger charge is 2.37.